The first-order valence-corrected chi connectivity index (χ1v) is 4.94. The summed E-state index contributed by atoms with van der Waals surface area (Å²) in [6.07, 6.45) is -3.15. The van der Waals surface area contributed by atoms with Gasteiger partial charge in [0, 0.05) is 13.6 Å². The van der Waals surface area contributed by atoms with Crippen molar-refractivity contribution in [1.82, 2.24) is 20.1 Å². The monoisotopic (exact) mass is 266 g/mol. The maximum absolute atomic E-state index is 12.6. The van der Waals surface area contributed by atoms with E-state index in [0.717, 1.165) is 0 Å². The van der Waals surface area contributed by atoms with Gasteiger partial charge >= 0.3 is 6.18 Å². The van der Waals surface area contributed by atoms with Crippen LogP contribution in [0.15, 0.2) is 11.5 Å². The van der Waals surface area contributed by atoms with Gasteiger partial charge in [-0.25, -0.2) is 0 Å². The highest BCUT2D eigenvalue weighted by molar-refractivity contribution is 5.83. The predicted octanol–water partition coefficient (Wildman–Crippen LogP) is -0.170. The number of hydrogen-bond donors (Lipinski definition) is 3. The van der Waals surface area contributed by atoms with Gasteiger partial charge in [-0.3, -0.25) is 0 Å². The Kier molecular flexibility index (Phi) is 4.48. The second-order valence-corrected chi connectivity index (χ2v) is 3.61. The number of nitrogens with zero attached hydrogens (tertiary/aromatic N) is 4. The molecule has 0 bridgehead atoms. The molecular weight excluding hydrogens is 253 g/mol. The summed E-state index contributed by atoms with van der Waals surface area (Å²) >= 11 is 0. The molecule has 0 saturated heterocycles. The van der Waals surface area contributed by atoms with Crippen molar-refractivity contribution in [3.05, 3.63) is 12.2 Å². The second-order valence-electron chi connectivity index (χ2n) is 3.61. The van der Waals surface area contributed by atoms with E-state index in [1.165, 1.54) is 6.33 Å². The average molecular weight is 266 g/mol. The van der Waals surface area contributed by atoms with Crippen LogP contribution >= 0.6 is 0 Å². The van der Waals surface area contributed by atoms with Crippen molar-refractivity contribution in [3.63, 3.8) is 0 Å². The molecule has 0 saturated carbocycles. The van der Waals surface area contributed by atoms with Crippen LogP contribution in [0, 0.1) is 5.92 Å². The SMILES string of the molecule is Cn1cnnc1CNCC(C(N)=NO)C(F)(F)F. The molecule has 102 valence electrons. The van der Waals surface area contributed by atoms with Gasteiger partial charge in [-0.05, 0) is 0 Å². The number of hydrogen-bond acceptors (Lipinski definition) is 5. The van der Waals surface area contributed by atoms with Gasteiger partial charge in [0.2, 0.25) is 0 Å². The lowest BCUT2D eigenvalue weighted by atomic mass is 10.1. The molecule has 1 atom stereocenters. The maximum atomic E-state index is 12.6. The standard InChI is InChI=1S/C8H13F3N6O/c1-17-4-14-15-6(17)3-13-2-5(7(12)16-18)8(9,10)11/h4-5,13,18H,2-3H2,1H3,(H2,12,16). The first kappa shape index (κ1) is 14.2. The molecule has 1 aromatic heterocycles. The Morgan fingerprint density at radius 1 is 1.67 bits per heavy atom. The molecule has 0 spiro atoms. The lowest BCUT2D eigenvalue weighted by molar-refractivity contribution is -0.155. The number of amidine groups is 1. The Labute approximate surface area is 100 Å². The molecule has 1 rings (SSSR count). The largest absolute Gasteiger partial charge is 0.409 e. The second kappa shape index (κ2) is 5.67. The lowest BCUT2D eigenvalue weighted by Gasteiger charge is -2.19. The first-order valence-electron chi connectivity index (χ1n) is 4.94. The molecule has 4 N–H and O–H groups in total. The van der Waals surface area contributed by atoms with Crippen LogP contribution in [-0.2, 0) is 13.6 Å². The Bertz CT molecular complexity index is 415. The van der Waals surface area contributed by atoms with Crippen molar-refractivity contribution >= 4 is 5.84 Å². The van der Waals surface area contributed by atoms with Gasteiger partial charge in [0.1, 0.15) is 18.1 Å². The summed E-state index contributed by atoms with van der Waals surface area (Å²) in [6.45, 7) is -0.409. The topological polar surface area (TPSA) is 101 Å². The third kappa shape index (κ3) is 3.58. The minimum atomic E-state index is -4.58. The number of oxime groups is 1. The zero-order chi connectivity index (χ0) is 13.8. The number of halogens is 3. The zero-order valence-electron chi connectivity index (χ0n) is 9.52. The van der Waals surface area contributed by atoms with Crippen molar-refractivity contribution in [1.29, 1.82) is 0 Å². The fourth-order valence-corrected chi connectivity index (χ4v) is 1.25. The normalized spacial score (nSPS) is 14.8. The summed E-state index contributed by atoms with van der Waals surface area (Å²) in [7, 11) is 1.67. The lowest BCUT2D eigenvalue weighted by Crippen LogP contribution is -2.42. The number of aryl methyl sites for hydroxylation is 1. The van der Waals surface area contributed by atoms with Gasteiger partial charge in [0.15, 0.2) is 5.84 Å². The van der Waals surface area contributed by atoms with Crippen LogP contribution in [0.2, 0.25) is 0 Å². The van der Waals surface area contributed by atoms with E-state index in [0.29, 0.717) is 5.82 Å². The predicted molar refractivity (Wildman–Crippen MR) is 55.7 cm³/mol. The Balaban J connectivity index is 2.56. The van der Waals surface area contributed by atoms with Crippen LogP contribution in [0.5, 0.6) is 0 Å². The molecule has 0 aliphatic carbocycles. The highest BCUT2D eigenvalue weighted by Gasteiger charge is 2.42. The third-order valence-corrected chi connectivity index (χ3v) is 2.30. The minimum absolute atomic E-state index is 0.0990. The summed E-state index contributed by atoms with van der Waals surface area (Å²) in [4.78, 5) is 0. The number of alkyl halides is 3. The van der Waals surface area contributed by atoms with E-state index >= 15 is 0 Å². The molecule has 0 radical (unpaired) electrons. The quantitative estimate of drug-likeness (QED) is 0.297. The van der Waals surface area contributed by atoms with Gasteiger partial charge in [0.05, 0.1) is 6.54 Å². The Hall–Kier alpha value is -1.84. The summed E-state index contributed by atoms with van der Waals surface area (Å²) in [5.74, 6) is -2.45. The molecule has 1 heterocycles. The molecule has 10 heteroatoms. The van der Waals surface area contributed by atoms with Crippen LogP contribution < -0.4 is 11.1 Å². The summed E-state index contributed by atoms with van der Waals surface area (Å²) in [6, 6.07) is 0. The highest BCUT2D eigenvalue weighted by atomic mass is 19.4. The van der Waals surface area contributed by atoms with E-state index < -0.39 is 24.5 Å². The molecule has 18 heavy (non-hydrogen) atoms. The smallest absolute Gasteiger partial charge is 0.400 e. The molecule has 0 aliphatic heterocycles. The van der Waals surface area contributed by atoms with Crippen molar-refractivity contribution in [2.24, 2.45) is 23.9 Å². The van der Waals surface area contributed by atoms with Gasteiger partial charge in [-0.1, -0.05) is 5.16 Å². The Morgan fingerprint density at radius 3 is 2.78 bits per heavy atom. The Morgan fingerprint density at radius 2 is 2.33 bits per heavy atom. The molecular formula is C8H13F3N6O. The molecule has 0 amide bonds. The van der Waals surface area contributed by atoms with Crippen LogP contribution in [0.1, 0.15) is 5.82 Å². The van der Waals surface area contributed by atoms with Crippen molar-refractivity contribution < 1.29 is 18.4 Å². The fraction of sp³-hybridized carbons (Fsp3) is 0.625. The van der Waals surface area contributed by atoms with Crippen LogP contribution in [0.3, 0.4) is 0 Å². The van der Waals surface area contributed by atoms with Crippen LogP contribution in [-0.4, -0.2) is 38.5 Å². The van der Waals surface area contributed by atoms with Gasteiger partial charge in [-0.15, -0.1) is 10.2 Å². The van der Waals surface area contributed by atoms with Gasteiger partial charge in [0.25, 0.3) is 0 Å². The molecule has 0 fully saturated rings. The number of rotatable bonds is 5. The fourth-order valence-electron chi connectivity index (χ4n) is 1.25. The van der Waals surface area contributed by atoms with E-state index in [2.05, 4.69) is 20.7 Å². The van der Waals surface area contributed by atoms with E-state index in [1.807, 2.05) is 0 Å². The van der Waals surface area contributed by atoms with Crippen molar-refractivity contribution in [3.8, 4) is 0 Å². The van der Waals surface area contributed by atoms with E-state index in [-0.39, 0.29) is 6.54 Å². The molecule has 1 unspecified atom stereocenters. The van der Waals surface area contributed by atoms with Crippen LogP contribution in [0.4, 0.5) is 13.2 Å². The molecule has 1 aromatic rings. The maximum Gasteiger partial charge on any atom is 0.400 e. The highest BCUT2D eigenvalue weighted by Crippen LogP contribution is 2.25. The van der Waals surface area contributed by atoms with Crippen molar-refractivity contribution in [2.45, 2.75) is 12.7 Å². The number of aromatic nitrogens is 3. The van der Waals surface area contributed by atoms with E-state index in [1.54, 1.807) is 11.6 Å². The minimum Gasteiger partial charge on any atom is -0.409 e. The summed E-state index contributed by atoms with van der Waals surface area (Å²) < 4.78 is 39.2. The first-order chi connectivity index (χ1) is 8.36. The van der Waals surface area contributed by atoms with E-state index in [4.69, 9.17) is 10.9 Å². The molecule has 0 aromatic carbocycles. The average Bonchev–Trinajstić information content (AvgIpc) is 2.68. The summed E-state index contributed by atoms with van der Waals surface area (Å²) in [5, 5.41) is 20.5. The zero-order valence-corrected chi connectivity index (χ0v) is 9.52. The van der Waals surface area contributed by atoms with Gasteiger partial charge in [-0.2, -0.15) is 13.2 Å². The van der Waals surface area contributed by atoms with Crippen LogP contribution in [0.25, 0.3) is 0 Å². The number of nitrogens with two attached hydrogens (primary N) is 1. The molecule has 7 nitrogen and oxygen atoms in total. The third-order valence-electron chi connectivity index (χ3n) is 2.30. The molecule has 0 aliphatic rings. The van der Waals surface area contributed by atoms with E-state index in [9.17, 15) is 13.2 Å². The summed E-state index contributed by atoms with van der Waals surface area (Å²) in [5.41, 5.74) is 5.00. The van der Waals surface area contributed by atoms with Gasteiger partial charge < -0.3 is 20.8 Å². The van der Waals surface area contributed by atoms with Crippen molar-refractivity contribution in [2.75, 3.05) is 6.54 Å². The number of nitrogens with one attached hydrogen (secondary N) is 1.